The van der Waals surface area contributed by atoms with Gasteiger partial charge in [0, 0.05) is 18.3 Å². The topological polar surface area (TPSA) is 39.9 Å². The van der Waals surface area contributed by atoms with Gasteiger partial charge in [-0.25, -0.2) is 4.98 Å². The minimum atomic E-state index is 0.639. The van der Waals surface area contributed by atoms with Gasteiger partial charge in [-0.15, -0.1) is 0 Å². The van der Waals surface area contributed by atoms with Crippen molar-refractivity contribution in [2.45, 2.75) is 63.8 Å². The molecule has 1 saturated heterocycles. The molecule has 0 N–H and O–H groups in total. The van der Waals surface area contributed by atoms with Crippen molar-refractivity contribution in [1.29, 1.82) is 5.26 Å². The second-order valence-corrected chi connectivity index (χ2v) is 6.88. The molecule has 1 aromatic heterocycles. The van der Waals surface area contributed by atoms with Gasteiger partial charge in [-0.2, -0.15) is 5.26 Å². The molecule has 1 aliphatic heterocycles. The van der Waals surface area contributed by atoms with Crippen LogP contribution < -0.4 is 4.90 Å². The van der Waals surface area contributed by atoms with Crippen LogP contribution in [0.15, 0.2) is 6.07 Å². The molecular formula is C18H23N3. The van der Waals surface area contributed by atoms with Gasteiger partial charge in [0.15, 0.2) is 0 Å². The monoisotopic (exact) mass is 281 g/mol. The predicted molar refractivity (Wildman–Crippen MR) is 83.3 cm³/mol. The number of nitrogens with zero attached hydrogens (tertiary/aromatic N) is 3. The van der Waals surface area contributed by atoms with E-state index in [1.54, 1.807) is 0 Å². The van der Waals surface area contributed by atoms with Crippen molar-refractivity contribution in [2.75, 3.05) is 11.4 Å². The Labute approximate surface area is 127 Å². The first-order valence-electron chi connectivity index (χ1n) is 8.56. The highest BCUT2D eigenvalue weighted by molar-refractivity contribution is 5.58. The zero-order chi connectivity index (χ0) is 14.2. The van der Waals surface area contributed by atoms with Gasteiger partial charge in [-0.3, -0.25) is 0 Å². The van der Waals surface area contributed by atoms with E-state index >= 15 is 0 Å². The number of aryl methyl sites for hydroxylation is 2. The summed E-state index contributed by atoms with van der Waals surface area (Å²) in [5.74, 6) is 1.83. The molecule has 110 valence electrons. The van der Waals surface area contributed by atoms with E-state index in [9.17, 15) is 5.26 Å². The minimum absolute atomic E-state index is 0.639. The molecule has 0 bridgehead atoms. The van der Waals surface area contributed by atoms with Gasteiger partial charge in [0.1, 0.15) is 11.9 Å². The Balaban J connectivity index is 1.72. The second-order valence-electron chi connectivity index (χ2n) is 6.88. The van der Waals surface area contributed by atoms with Crippen LogP contribution in [0.5, 0.6) is 0 Å². The molecule has 1 saturated carbocycles. The van der Waals surface area contributed by atoms with Gasteiger partial charge in [-0.05, 0) is 62.5 Å². The van der Waals surface area contributed by atoms with Crippen molar-refractivity contribution in [2.24, 2.45) is 5.92 Å². The molecule has 2 aliphatic carbocycles. The van der Waals surface area contributed by atoms with Crippen LogP contribution in [0.4, 0.5) is 5.82 Å². The fourth-order valence-electron chi connectivity index (χ4n) is 4.59. The van der Waals surface area contributed by atoms with Crippen LogP contribution in [0, 0.1) is 17.2 Å². The lowest BCUT2D eigenvalue weighted by atomic mass is 9.85. The summed E-state index contributed by atoms with van der Waals surface area (Å²) in [7, 11) is 0. The zero-order valence-electron chi connectivity index (χ0n) is 12.6. The van der Waals surface area contributed by atoms with E-state index in [2.05, 4.69) is 17.0 Å². The molecule has 0 radical (unpaired) electrons. The highest BCUT2D eigenvalue weighted by atomic mass is 15.2. The van der Waals surface area contributed by atoms with Crippen LogP contribution in [-0.2, 0) is 12.8 Å². The standard InChI is InChI=1S/C18H23N3/c19-12-15-11-14-6-1-3-7-16(14)20-18(15)21-10-9-13-5-2-4-8-17(13)21/h11,13,17H,1-10H2. The number of rotatable bonds is 1. The number of hydrogen-bond acceptors (Lipinski definition) is 3. The van der Waals surface area contributed by atoms with E-state index in [0.29, 0.717) is 6.04 Å². The molecular weight excluding hydrogens is 258 g/mol. The predicted octanol–water partition coefficient (Wildman–Crippen LogP) is 3.60. The molecule has 3 heteroatoms. The number of pyridine rings is 1. The van der Waals surface area contributed by atoms with E-state index in [1.807, 2.05) is 0 Å². The average Bonchev–Trinajstić information content (AvgIpc) is 2.97. The molecule has 4 rings (SSSR count). The van der Waals surface area contributed by atoms with Gasteiger partial charge in [-0.1, -0.05) is 12.8 Å². The largest absolute Gasteiger partial charge is 0.352 e. The third-order valence-electron chi connectivity index (χ3n) is 5.68. The SMILES string of the molecule is N#Cc1cc2c(nc1N1CCC3CCCCC31)CCCC2. The third kappa shape index (κ3) is 2.21. The number of aromatic nitrogens is 1. The summed E-state index contributed by atoms with van der Waals surface area (Å²) < 4.78 is 0. The number of fused-ring (bicyclic) bond motifs is 2. The molecule has 2 unspecified atom stereocenters. The van der Waals surface area contributed by atoms with E-state index in [-0.39, 0.29) is 0 Å². The number of hydrogen-bond donors (Lipinski definition) is 0. The summed E-state index contributed by atoms with van der Waals surface area (Å²) in [6, 6.07) is 5.18. The second kappa shape index (κ2) is 5.33. The molecule has 0 aromatic carbocycles. The average molecular weight is 281 g/mol. The lowest BCUT2D eigenvalue weighted by Gasteiger charge is -2.33. The zero-order valence-corrected chi connectivity index (χ0v) is 12.6. The number of nitriles is 1. The molecule has 1 aromatic rings. The Morgan fingerprint density at radius 3 is 2.86 bits per heavy atom. The first-order chi connectivity index (χ1) is 10.4. The molecule has 2 fully saturated rings. The van der Waals surface area contributed by atoms with Crippen molar-refractivity contribution in [1.82, 2.24) is 4.98 Å². The van der Waals surface area contributed by atoms with Gasteiger partial charge >= 0.3 is 0 Å². The van der Waals surface area contributed by atoms with Crippen molar-refractivity contribution in [3.05, 3.63) is 22.9 Å². The van der Waals surface area contributed by atoms with Crippen LogP contribution in [0.1, 0.15) is 61.8 Å². The van der Waals surface area contributed by atoms with Crippen molar-refractivity contribution in [3.63, 3.8) is 0 Å². The minimum Gasteiger partial charge on any atom is -0.352 e. The molecule has 0 amide bonds. The molecule has 21 heavy (non-hydrogen) atoms. The van der Waals surface area contributed by atoms with Gasteiger partial charge in [0.05, 0.1) is 5.56 Å². The Morgan fingerprint density at radius 1 is 1.10 bits per heavy atom. The van der Waals surface area contributed by atoms with Crippen LogP contribution >= 0.6 is 0 Å². The van der Waals surface area contributed by atoms with Gasteiger partial charge in [0.2, 0.25) is 0 Å². The summed E-state index contributed by atoms with van der Waals surface area (Å²) in [5.41, 5.74) is 3.39. The summed E-state index contributed by atoms with van der Waals surface area (Å²) in [4.78, 5) is 7.43. The summed E-state index contributed by atoms with van der Waals surface area (Å²) in [5, 5.41) is 9.56. The molecule has 2 heterocycles. The molecule has 3 aliphatic rings. The highest BCUT2D eigenvalue weighted by Gasteiger charge is 2.37. The van der Waals surface area contributed by atoms with E-state index in [1.165, 1.54) is 56.2 Å². The smallest absolute Gasteiger partial charge is 0.147 e. The first kappa shape index (κ1) is 13.1. The van der Waals surface area contributed by atoms with E-state index in [0.717, 1.165) is 36.7 Å². The fourth-order valence-corrected chi connectivity index (χ4v) is 4.59. The highest BCUT2D eigenvalue weighted by Crippen LogP contribution is 2.39. The van der Waals surface area contributed by atoms with Crippen LogP contribution in [-0.4, -0.2) is 17.6 Å². The van der Waals surface area contributed by atoms with Gasteiger partial charge < -0.3 is 4.90 Å². The lowest BCUT2D eigenvalue weighted by molar-refractivity contribution is 0.341. The van der Waals surface area contributed by atoms with Crippen molar-refractivity contribution >= 4 is 5.82 Å². The molecule has 0 spiro atoms. The Kier molecular flexibility index (Phi) is 3.33. The lowest BCUT2D eigenvalue weighted by Crippen LogP contribution is -2.36. The van der Waals surface area contributed by atoms with Crippen molar-refractivity contribution in [3.8, 4) is 6.07 Å². The quantitative estimate of drug-likeness (QED) is 0.789. The normalized spacial score (nSPS) is 27.9. The maximum atomic E-state index is 9.56. The summed E-state index contributed by atoms with van der Waals surface area (Å²) >= 11 is 0. The Hall–Kier alpha value is -1.56. The van der Waals surface area contributed by atoms with Crippen LogP contribution in [0.25, 0.3) is 0 Å². The van der Waals surface area contributed by atoms with Crippen LogP contribution in [0.3, 0.4) is 0 Å². The van der Waals surface area contributed by atoms with Gasteiger partial charge in [0.25, 0.3) is 0 Å². The van der Waals surface area contributed by atoms with Crippen LogP contribution in [0.2, 0.25) is 0 Å². The van der Waals surface area contributed by atoms with Crippen molar-refractivity contribution < 1.29 is 0 Å². The summed E-state index contributed by atoms with van der Waals surface area (Å²) in [6.07, 6.45) is 11.4. The Morgan fingerprint density at radius 2 is 1.95 bits per heavy atom. The molecule has 3 nitrogen and oxygen atoms in total. The fraction of sp³-hybridized carbons (Fsp3) is 0.667. The number of anilines is 1. The first-order valence-corrected chi connectivity index (χ1v) is 8.56. The molecule has 2 atom stereocenters. The maximum Gasteiger partial charge on any atom is 0.147 e. The van der Waals surface area contributed by atoms with E-state index in [4.69, 9.17) is 4.98 Å². The summed E-state index contributed by atoms with van der Waals surface area (Å²) in [6.45, 7) is 1.09. The van der Waals surface area contributed by atoms with E-state index < -0.39 is 0 Å². The Bertz CT molecular complexity index is 587. The third-order valence-corrected chi connectivity index (χ3v) is 5.68. The maximum absolute atomic E-state index is 9.56.